The van der Waals surface area contributed by atoms with Gasteiger partial charge < -0.3 is 9.15 Å². The first-order valence-electron chi connectivity index (χ1n) is 7.63. The molecule has 1 aliphatic rings. The Labute approximate surface area is 136 Å². The quantitative estimate of drug-likeness (QED) is 0.808. The van der Waals surface area contributed by atoms with E-state index in [0.29, 0.717) is 18.2 Å². The van der Waals surface area contributed by atoms with Gasteiger partial charge in [-0.2, -0.15) is 0 Å². The van der Waals surface area contributed by atoms with Crippen molar-refractivity contribution in [3.63, 3.8) is 0 Å². The molecule has 22 heavy (non-hydrogen) atoms. The van der Waals surface area contributed by atoms with Gasteiger partial charge in [0.1, 0.15) is 17.9 Å². The second kappa shape index (κ2) is 7.65. The van der Waals surface area contributed by atoms with E-state index in [1.807, 2.05) is 12.1 Å². The average Bonchev–Trinajstić information content (AvgIpc) is 2.49. The van der Waals surface area contributed by atoms with E-state index in [9.17, 15) is 4.79 Å². The molecule has 120 valence electrons. The fourth-order valence-corrected chi connectivity index (χ4v) is 2.90. The fourth-order valence-electron chi connectivity index (χ4n) is 2.90. The van der Waals surface area contributed by atoms with Crippen molar-refractivity contribution < 1.29 is 9.15 Å². The zero-order valence-electron chi connectivity index (χ0n) is 12.8. The third kappa shape index (κ3) is 4.02. The SMILES string of the molecule is CC1CCCCN1CCOc1ccc2ccc(=O)oc2c1.Cl. The minimum Gasteiger partial charge on any atom is -0.492 e. The molecule has 1 unspecified atom stereocenters. The summed E-state index contributed by atoms with van der Waals surface area (Å²) in [6.07, 6.45) is 3.90. The van der Waals surface area contributed by atoms with E-state index in [2.05, 4.69) is 11.8 Å². The first kappa shape index (κ1) is 16.8. The molecule has 2 heterocycles. The molecule has 1 atom stereocenters. The topological polar surface area (TPSA) is 42.7 Å². The van der Waals surface area contributed by atoms with Crippen LogP contribution in [0.1, 0.15) is 26.2 Å². The minimum absolute atomic E-state index is 0. The highest BCUT2D eigenvalue weighted by molar-refractivity contribution is 5.85. The lowest BCUT2D eigenvalue weighted by Crippen LogP contribution is -2.39. The molecule has 3 rings (SSSR count). The molecule has 0 spiro atoms. The maximum atomic E-state index is 11.2. The molecule has 1 saturated heterocycles. The Hall–Kier alpha value is -1.52. The Kier molecular flexibility index (Phi) is 5.86. The second-order valence-electron chi connectivity index (χ2n) is 5.68. The van der Waals surface area contributed by atoms with Crippen LogP contribution in [0.25, 0.3) is 11.0 Å². The third-order valence-corrected chi connectivity index (χ3v) is 4.18. The number of fused-ring (bicyclic) bond motifs is 1. The van der Waals surface area contributed by atoms with E-state index in [1.165, 1.54) is 25.3 Å². The zero-order chi connectivity index (χ0) is 14.7. The van der Waals surface area contributed by atoms with Gasteiger partial charge in [0.2, 0.25) is 0 Å². The molecular weight excluding hydrogens is 302 g/mol. The minimum atomic E-state index is -0.332. The van der Waals surface area contributed by atoms with Gasteiger partial charge in [-0.25, -0.2) is 4.79 Å². The molecule has 1 aliphatic heterocycles. The fraction of sp³-hybridized carbons (Fsp3) is 0.471. The Morgan fingerprint density at radius 3 is 2.91 bits per heavy atom. The number of rotatable bonds is 4. The van der Waals surface area contributed by atoms with Crippen LogP contribution in [0.3, 0.4) is 0 Å². The lowest BCUT2D eigenvalue weighted by molar-refractivity contribution is 0.133. The molecule has 0 radical (unpaired) electrons. The smallest absolute Gasteiger partial charge is 0.336 e. The van der Waals surface area contributed by atoms with Crippen LogP contribution in [0.4, 0.5) is 0 Å². The van der Waals surface area contributed by atoms with Crippen molar-refractivity contribution in [1.82, 2.24) is 4.90 Å². The number of halogens is 1. The predicted octanol–water partition coefficient (Wildman–Crippen LogP) is 3.47. The third-order valence-electron chi connectivity index (χ3n) is 4.18. The number of hydrogen-bond acceptors (Lipinski definition) is 4. The molecule has 5 heteroatoms. The van der Waals surface area contributed by atoms with Crippen LogP contribution in [0.5, 0.6) is 5.75 Å². The molecule has 2 aromatic rings. The van der Waals surface area contributed by atoms with E-state index >= 15 is 0 Å². The monoisotopic (exact) mass is 323 g/mol. The Morgan fingerprint density at radius 2 is 2.09 bits per heavy atom. The standard InChI is InChI=1S/C17H21NO3.ClH/c1-13-4-2-3-9-18(13)10-11-20-15-7-5-14-6-8-17(19)21-16(14)12-15;/h5-8,12-13H,2-4,9-11H2,1H3;1H. The molecular formula is C17H22ClNO3. The number of nitrogens with zero attached hydrogens (tertiary/aromatic N) is 1. The molecule has 0 saturated carbocycles. The number of hydrogen-bond donors (Lipinski definition) is 0. The normalized spacial score (nSPS) is 18.9. The highest BCUT2D eigenvalue weighted by atomic mass is 35.5. The molecule has 1 aromatic carbocycles. The van der Waals surface area contributed by atoms with Crippen LogP contribution < -0.4 is 10.4 Å². The van der Waals surface area contributed by atoms with Gasteiger partial charge in [0.25, 0.3) is 0 Å². The van der Waals surface area contributed by atoms with Gasteiger partial charge in [0.05, 0.1) is 0 Å². The van der Waals surface area contributed by atoms with E-state index in [-0.39, 0.29) is 18.0 Å². The first-order valence-corrected chi connectivity index (χ1v) is 7.63. The lowest BCUT2D eigenvalue weighted by atomic mass is 10.0. The number of benzene rings is 1. The Balaban J connectivity index is 0.00000176. The number of piperidine rings is 1. The van der Waals surface area contributed by atoms with Crippen LogP contribution in [0.15, 0.2) is 39.5 Å². The summed E-state index contributed by atoms with van der Waals surface area (Å²) >= 11 is 0. The van der Waals surface area contributed by atoms with E-state index in [1.54, 1.807) is 12.1 Å². The first-order chi connectivity index (χ1) is 10.2. The highest BCUT2D eigenvalue weighted by Crippen LogP contribution is 2.20. The van der Waals surface area contributed by atoms with Gasteiger partial charge in [-0.05, 0) is 44.5 Å². The lowest BCUT2D eigenvalue weighted by Gasteiger charge is -2.33. The summed E-state index contributed by atoms with van der Waals surface area (Å²) in [5.41, 5.74) is 0.244. The summed E-state index contributed by atoms with van der Waals surface area (Å²) in [5, 5.41) is 0.909. The van der Waals surface area contributed by atoms with Crippen LogP contribution in [-0.4, -0.2) is 30.6 Å². The van der Waals surface area contributed by atoms with Crippen LogP contribution >= 0.6 is 12.4 Å². The van der Waals surface area contributed by atoms with Gasteiger partial charge in [0, 0.05) is 30.1 Å². The predicted molar refractivity (Wildman–Crippen MR) is 90.1 cm³/mol. The molecule has 0 aliphatic carbocycles. The summed E-state index contributed by atoms with van der Waals surface area (Å²) in [6.45, 7) is 5.05. The van der Waals surface area contributed by atoms with Gasteiger partial charge >= 0.3 is 5.63 Å². The van der Waals surface area contributed by atoms with Crippen molar-refractivity contribution in [2.45, 2.75) is 32.2 Å². The van der Waals surface area contributed by atoms with Gasteiger partial charge in [-0.1, -0.05) is 6.42 Å². The second-order valence-corrected chi connectivity index (χ2v) is 5.68. The van der Waals surface area contributed by atoms with Gasteiger partial charge in [0.15, 0.2) is 0 Å². The maximum absolute atomic E-state index is 11.2. The van der Waals surface area contributed by atoms with Crippen molar-refractivity contribution in [2.24, 2.45) is 0 Å². The summed E-state index contributed by atoms with van der Waals surface area (Å²) in [6, 6.07) is 9.47. The molecule has 1 fully saturated rings. The number of ether oxygens (including phenoxy) is 1. The summed E-state index contributed by atoms with van der Waals surface area (Å²) in [7, 11) is 0. The summed E-state index contributed by atoms with van der Waals surface area (Å²) < 4.78 is 11.0. The molecule has 1 aromatic heterocycles. The van der Waals surface area contributed by atoms with Crippen molar-refractivity contribution >= 4 is 23.4 Å². The van der Waals surface area contributed by atoms with Gasteiger partial charge in [-0.3, -0.25) is 4.90 Å². The van der Waals surface area contributed by atoms with Crippen molar-refractivity contribution in [1.29, 1.82) is 0 Å². The van der Waals surface area contributed by atoms with Gasteiger partial charge in [-0.15, -0.1) is 12.4 Å². The highest BCUT2D eigenvalue weighted by Gasteiger charge is 2.17. The summed E-state index contributed by atoms with van der Waals surface area (Å²) in [5.74, 6) is 0.751. The van der Waals surface area contributed by atoms with E-state index in [0.717, 1.165) is 24.2 Å². The Morgan fingerprint density at radius 1 is 1.27 bits per heavy atom. The maximum Gasteiger partial charge on any atom is 0.336 e. The summed E-state index contributed by atoms with van der Waals surface area (Å²) in [4.78, 5) is 13.7. The molecule has 4 nitrogen and oxygen atoms in total. The van der Waals surface area contributed by atoms with Crippen LogP contribution in [0.2, 0.25) is 0 Å². The van der Waals surface area contributed by atoms with E-state index < -0.39 is 0 Å². The van der Waals surface area contributed by atoms with E-state index in [4.69, 9.17) is 9.15 Å². The molecule has 0 N–H and O–H groups in total. The molecule has 0 amide bonds. The van der Waals surface area contributed by atoms with Crippen molar-refractivity contribution in [3.05, 3.63) is 40.8 Å². The largest absolute Gasteiger partial charge is 0.492 e. The van der Waals surface area contributed by atoms with Crippen molar-refractivity contribution in [3.8, 4) is 5.75 Å². The zero-order valence-corrected chi connectivity index (χ0v) is 13.6. The Bertz CT molecular complexity index is 670. The van der Waals surface area contributed by atoms with Crippen LogP contribution in [0, 0.1) is 0 Å². The average molecular weight is 324 g/mol. The number of likely N-dealkylation sites (tertiary alicyclic amines) is 1. The molecule has 0 bridgehead atoms. The van der Waals surface area contributed by atoms with Crippen molar-refractivity contribution in [2.75, 3.05) is 19.7 Å². The van der Waals surface area contributed by atoms with Crippen LogP contribution in [-0.2, 0) is 0 Å².